The molecule has 4 heteroatoms. The van der Waals surface area contributed by atoms with Crippen LogP contribution >= 0.6 is 0 Å². The number of rotatable bonds is 4. The Kier molecular flexibility index (Phi) is 5.20. The van der Waals surface area contributed by atoms with Gasteiger partial charge in [0.25, 0.3) is 0 Å². The largest absolute Gasteiger partial charge is 0.390 e. The number of fused-ring (bicyclic) bond motifs is 1. The Balaban J connectivity index is 1.37. The van der Waals surface area contributed by atoms with E-state index in [0.717, 1.165) is 25.9 Å². The van der Waals surface area contributed by atoms with E-state index in [4.69, 9.17) is 0 Å². The van der Waals surface area contributed by atoms with Gasteiger partial charge in [-0.05, 0) is 45.8 Å². The molecule has 1 saturated carbocycles. The molecule has 0 spiro atoms. The predicted octanol–water partition coefficient (Wildman–Crippen LogP) is 1.25. The lowest BCUT2D eigenvalue weighted by molar-refractivity contribution is -0.0955. The van der Waals surface area contributed by atoms with Crippen molar-refractivity contribution in [3.63, 3.8) is 0 Å². The van der Waals surface area contributed by atoms with E-state index in [1.807, 2.05) is 0 Å². The van der Waals surface area contributed by atoms with Gasteiger partial charge in [-0.15, -0.1) is 0 Å². The summed E-state index contributed by atoms with van der Waals surface area (Å²) in [6, 6.07) is 0. The molecule has 122 valence electrons. The standard InChI is InChI=1S/C17H33N3O/c1-18-11-13-19(14-12-18)8-4-9-20-10-7-17(21)6-3-2-5-16(17)15-20/h16,21H,2-15H2,1H3. The summed E-state index contributed by atoms with van der Waals surface area (Å²) in [5.41, 5.74) is -0.313. The lowest BCUT2D eigenvalue weighted by atomic mass is 9.71. The second-order valence-corrected chi connectivity index (χ2v) is 7.60. The number of hydrogen-bond donors (Lipinski definition) is 1. The van der Waals surface area contributed by atoms with Crippen LogP contribution in [0.5, 0.6) is 0 Å². The van der Waals surface area contributed by atoms with Gasteiger partial charge in [0.15, 0.2) is 0 Å². The molecule has 0 amide bonds. The third kappa shape index (κ3) is 3.98. The first-order valence-electron chi connectivity index (χ1n) is 9.01. The Hall–Kier alpha value is -0.160. The van der Waals surface area contributed by atoms with Gasteiger partial charge in [0, 0.05) is 45.2 Å². The van der Waals surface area contributed by atoms with Crippen LogP contribution in [0.1, 0.15) is 38.5 Å². The van der Waals surface area contributed by atoms with E-state index in [2.05, 4.69) is 21.7 Å². The summed E-state index contributed by atoms with van der Waals surface area (Å²) in [4.78, 5) is 7.65. The molecular formula is C17H33N3O. The maximum atomic E-state index is 10.7. The molecular weight excluding hydrogens is 262 g/mol. The lowest BCUT2D eigenvalue weighted by Crippen LogP contribution is -2.53. The molecule has 0 aromatic rings. The highest BCUT2D eigenvalue weighted by atomic mass is 16.3. The van der Waals surface area contributed by atoms with Crippen LogP contribution in [0.3, 0.4) is 0 Å². The van der Waals surface area contributed by atoms with Crippen LogP contribution in [0, 0.1) is 5.92 Å². The third-order valence-electron chi connectivity index (χ3n) is 6.06. The fraction of sp³-hybridized carbons (Fsp3) is 1.00. The van der Waals surface area contributed by atoms with Crippen molar-refractivity contribution in [2.24, 2.45) is 5.92 Å². The van der Waals surface area contributed by atoms with E-state index in [9.17, 15) is 5.11 Å². The molecule has 2 heterocycles. The predicted molar refractivity (Wildman–Crippen MR) is 86.5 cm³/mol. The Labute approximate surface area is 130 Å². The lowest BCUT2D eigenvalue weighted by Gasteiger charge is -2.47. The van der Waals surface area contributed by atoms with Gasteiger partial charge in [0.1, 0.15) is 0 Å². The molecule has 0 aromatic heterocycles. The summed E-state index contributed by atoms with van der Waals surface area (Å²) in [6.07, 6.45) is 7.14. The number of aliphatic hydroxyl groups is 1. The average Bonchev–Trinajstić information content (AvgIpc) is 2.49. The summed E-state index contributed by atoms with van der Waals surface area (Å²) >= 11 is 0. The molecule has 2 aliphatic heterocycles. The van der Waals surface area contributed by atoms with Crippen LogP contribution in [0.2, 0.25) is 0 Å². The Morgan fingerprint density at radius 2 is 1.71 bits per heavy atom. The highest BCUT2D eigenvalue weighted by molar-refractivity contribution is 4.95. The molecule has 0 bridgehead atoms. The van der Waals surface area contributed by atoms with Crippen molar-refractivity contribution in [3.05, 3.63) is 0 Å². The van der Waals surface area contributed by atoms with Crippen molar-refractivity contribution in [2.45, 2.75) is 44.1 Å². The molecule has 3 aliphatic rings. The normalized spacial score (nSPS) is 36.6. The Morgan fingerprint density at radius 1 is 0.952 bits per heavy atom. The molecule has 4 nitrogen and oxygen atoms in total. The SMILES string of the molecule is CN1CCN(CCCN2CCC3(O)CCCCC3C2)CC1. The average molecular weight is 295 g/mol. The first kappa shape index (κ1) is 15.7. The third-order valence-corrected chi connectivity index (χ3v) is 6.06. The van der Waals surface area contributed by atoms with E-state index in [0.29, 0.717) is 5.92 Å². The molecule has 21 heavy (non-hydrogen) atoms. The van der Waals surface area contributed by atoms with Crippen molar-refractivity contribution < 1.29 is 5.11 Å². The second kappa shape index (κ2) is 6.95. The molecule has 2 unspecified atom stereocenters. The number of piperazine rings is 1. The minimum absolute atomic E-state index is 0.313. The maximum Gasteiger partial charge on any atom is 0.0700 e. The monoisotopic (exact) mass is 295 g/mol. The fourth-order valence-corrected chi connectivity index (χ4v) is 4.43. The zero-order valence-corrected chi connectivity index (χ0v) is 13.8. The van der Waals surface area contributed by atoms with Crippen LogP contribution in [0.15, 0.2) is 0 Å². The number of likely N-dealkylation sites (tertiary alicyclic amines) is 1. The fourth-order valence-electron chi connectivity index (χ4n) is 4.43. The van der Waals surface area contributed by atoms with Gasteiger partial charge < -0.3 is 19.8 Å². The van der Waals surface area contributed by atoms with Gasteiger partial charge in [-0.3, -0.25) is 0 Å². The number of nitrogens with zero attached hydrogens (tertiary/aromatic N) is 3. The van der Waals surface area contributed by atoms with Crippen LogP contribution in [-0.4, -0.2) is 84.8 Å². The van der Waals surface area contributed by atoms with Crippen molar-refractivity contribution in [3.8, 4) is 0 Å². The van der Waals surface area contributed by atoms with Crippen LogP contribution in [0.4, 0.5) is 0 Å². The molecule has 3 fully saturated rings. The minimum Gasteiger partial charge on any atom is -0.390 e. The molecule has 3 rings (SSSR count). The smallest absolute Gasteiger partial charge is 0.0700 e. The summed E-state index contributed by atoms with van der Waals surface area (Å²) in [7, 11) is 2.22. The van der Waals surface area contributed by atoms with Gasteiger partial charge >= 0.3 is 0 Å². The first-order valence-corrected chi connectivity index (χ1v) is 9.01. The first-order chi connectivity index (χ1) is 10.2. The van der Waals surface area contributed by atoms with E-state index in [1.165, 1.54) is 65.0 Å². The number of likely N-dealkylation sites (N-methyl/N-ethyl adjacent to an activating group) is 1. The van der Waals surface area contributed by atoms with E-state index < -0.39 is 0 Å². The highest BCUT2D eigenvalue weighted by Crippen LogP contribution is 2.39. The van der Waals surface area contributed by atoms with Crippen molar-refractivity contribution >= 4 is 0 Å². The van der Waals surface area contributed by atoms with E-state index >= 15 is 0 Å². The van der Waals surface area contributed by atoms with Crippen LogP contribution in [0.25, 0.3) is 0 Å². The van der Waals surface area contributed by atoms with Crippen LogP contribution < -0.4 is 0 Å². The molecule has 1 N–H and O–H groups in total. The summed E-state index contributed by atoms with van der Waals surface area (Å²) < 4.78 is 0. The second-order valence-electron chi connectivity index (χ2n) is 7.60. The Morgan fingerprint density at radius 3 is 2.52 bits per heavy atom. The maximum absolute atomic E-state index is 10.7. The van der Waals surface area contributed by atoms with Gasteiger partial charge in [-0.2, -0.15) is 0 Å². The Bertz CT molecular complexity index is 330. The molecule has 2 saturated heterocycles. The molecule has 2 atom stereocenters. The van der Waals surface area contributed by atoms with Crippen molar-refractivity contribution in [2.75, 3.05) is 59.4 Å². The van der Waals surface area contributed by atoms with Crippen LogP contribution in [-0.2, 0) is 0 Å². The number of piperidine rings is 1. The summed E-state index contributed by atoms with van der Waals surface area (Å²) in [6.45, 7) is 9.63. The molecule has 1 aliphatic carbocycles. The molecule has 0 radical (unpaired) electrons. The van der Waals surface area contributed by atoms with E-state index in [-0.39, 0.29) is 5.60 Å². The van der Waals surface area contributed by atoms with Gasteiger partial charge in [-0.25, -0.2) is 0 Å². The summed E-state index contributed by atoms with van der Waals surface area (Å²) in [5.74, 6) is 0.545. The van der Waals surface area contributed by atoms with Gasteiger partial charge in [-0.1, -0.05) is 12.8 Å². The molecule has 0 aromatic carbocycles. The topological polar surface area (TPSA) is 30.0 Å². The van der Waals surface area contributed by atoms with Crippen molar-refractivity contribution in [1.82, 2.24) is 14.7 Å². The zero-order chi connectivity index (χ0) is 14.7. The summed E-state index contributed by atoms with van der Waals surface area (Å²) in [5, 5.41) is 10.7. The highest BCUT2D eigenvalue weighted by Gasteiger charge is 2.42. The van der Waals surface area contributed by atoms with Gasteiger partial charge in [0.05, 0.1) is 5.60 Å². The number of hydrogen-bond acceptors (Lipinski definition) is 4. The quantitative estimate of drug-likeness (QED) is 0.845. The minimum atomic E-state index is -0.313. The van der Waals surface area contributed by atoms with E-state index in [1.54, 1.807) is 0 Å². The van der Waals surface area contributed by atoms with Crippen molar-refractivity contribution in [1.29, 1.82) is 0 Å². The zero-order valence-electron chi connectivity index (χ0n) is 13.8. The van der Waals surface area contributed by atoms with Gasteiger partial charge in [0.2, 0.25) is 0 Å².